The molecule has 16 heavy (non-hydrogen) atoms. The molecule has 0 saturated heterocycles. The molecule has 0 aromatic carbocycles. The predicted molar refractivity (Wildman–Crippen MR) is 70.1 cm³/mol. The number of anilines is 2. The molecular weight excluding hydrogens is 218 g/mol. The molecule has 0 fully saturated rings. The van der Waals surface area contributed by atoms with Gasteiger partial charge in [-0.25, -0.2) is 4.98 Å². The molecular formula is C12H15N3S. The van der Waals surface area contributed by atoms with Crippen molar-refractivity contribution < 1.29 is 0 Å². The Bertz CT molecular complexity index is 439. The van der Waals surface area contributed by atoms with Crippen LogP contribution in [0, 0.1) is 0 Å². The highest BCUT2D eigenvalue weighted by molar-refractivity contribution is 7.07. The standard InChI is InChI=1S/C12H15N3S/c1-9(10-6-7-16-8-10)14-12-5-3-4-11(13-2)15-12/h3-9H,1-2H3,(H2,13,14,15). The number of hydrogen-bond acceptors (Lipinski definition) is 4. The summed E-state index contributed by atoms with van der Waals surface area (Å²) in [7, 11) is 1.87. The number of thiophene rings is 1. The van der Waals surface area contributed by atoms with Crippen molar-refractivity contribution >= 4 is 23.0 Å². The Balaban J connectivity index is 2.08. The third kappa shape index (κ3) is 2.52. The first-order valence-corrected chi connectivity index (χ1v) is 6.17. The van der Waals surface area contributed by atoms with Gasteiger partial charge < -0.3 is 10.6 Å². The molecule has 1 unspecified atom stereocenters. The summed E-state index contributed by atoms with van der Waals surface area (Å²) in [4.78, 5) is 4.42. The number of hydrogen-bond donors (Lipinski definition) is 2. The first-order chi connectivity index (χ1) is 7.79. The molecule has 2 aromatic rings. The van der Waals surface area contributed by atoms with E-state index in [0.29, 0.717) is 0 Å². The molecule has 2 aromatic heterocycles. The van der Waals surface area contributed by atoms with Crippen molar-refractivity contribution in [3.8, 4) is 0 Å². The fourth-order valence-corrected chi connectivity index (χ4v) is 2.23. The molecule has 0 aliphatic heterocycles. The van der Waals surface area contributed by atoms with Crippen LogP contribution in [0.3, 0.4) is 0 Å². The predicted octanol–water partition coefficient (Wildman–Crippen LogP) is 3.36. The van der Waals surface area contributed by atoms with Crippen LogP contribution in [0.5, 0.6) is 0 Å². The van der Waals surface area contributed by atoms with E-state index in [1.807, 2.05) is 25.2 Å². The van der Waals surface area contributed by atoms with Gasteiger partial charge in [-0.3, -0.25) is 0 Å². The van der Waals surface area contributed by atoms with Crippen molar-refractivity contribution in [2.75, 3.05) is 17.7 Å². The lowest BCUT2D eigenvalue weighted by Gasteiger charge is -2.13. The van der Waals surface area contributed by atoms with Crippen LogP contribution in [0.4, 0.5) is 11.6 Å². The second kappa shape index (κ2) is 4.99. The molecule has 1 atom stereocenters. The third-order valence-electron chi connectivity index (χ3n) is 2.41. The van der Waals surface area contributed by atoms with Crippen LogP contribution in [-0.4, -0.2) is 12.0 Å². The van der Waals surface area contributed by atoms with E-state index in [9.17, 15) is 0 Å². The van der Waals surface area contributed by atoms with E-state index in [0.717, 1.165) is 11.6 Å². The summed E-state index contributed by atoms with van der Waals surface area (Å²) in [6.07, 6.45) is 0. The summed E-state index contributed by atoms with van der Waals surface area (Å²) < 4.78 is 0. The van der Waals surface area contributed by atoms with Gasteiger partial charge in [0.15, 0.2) is 0 Å². The van der Waals surface area contributed by atoms with Crippen LogP contribution in [0.1, 0.15) is 18.5 Å². The van der Waals surface area contributed by atoms with Crippen LogP contribution in [0.25, 0.3) is 0 Å². The van der Waals surface area contributed by atoms with Gasteiger partial charge in [-0.1, -0.05) is 6.07 Å². The maximum atomic E-state index is 4.42. The summed E-state index contributed by atoms with van der Waals surface area (Å²) in [5.41, 5.74) is 1.29. The molecule has 3 nitrogen and oxygen atoms in total. The number of nitrogens with zero attached hydrogens (tertiary/aromatic N) is 1. The van der Waals surface area contributed by atoms with Crippen LogP contribution in [0.15, 0.2) is 35.0 Å². The van der Waals surface area contributed by atoms with Crippen molar-refractivity contribution in [1.29, 1.82) is 0 Å². The lowest BCUT2D eigenvalue weighted by Crippen LogP contribution is -2.07. The molecule has 0 aliphatic carbocycles. The molecule has 0 bridgehead atoms. The number of aromatic nitrogens is 1. The van der Waals surface area contributed by atoms with Gasteiger partial charge in [0.05, 0.1) is 6.04 Å². The quantitative estimate of drug-likeness (QED) is 0.850. The van der Waals surface area contributed by atoms with E-state index in [4.69, 9.17) is 0 Å². The minimum Gasteiger partial charge on any atom is -0.373 e. The summed E-state index contributed by atoms with van der Waals surface area (Å²) in [5, 5.41) is 10.6. The van der Waals surface area contributed by atoms with Gasteiger partial charge in [0, 0.05) is 7.05 Å². The highest BCUT2D eigenvalue weighted by Gasteiger charge is 2.06. The van der Waals surface area contributed by atoms with Crippen LogP contribution in [-0.2, 0) is 0 Å². The summed E-state index contributed by atoms with van der Waals surface area (Å²) >= 11 is 1.71. The van der Waals surface area contributed by atoms with Crippen molar-refractivity contribution in [3.63, 3.8) is 0 Å². The number of pyridine rings is 1. The Morgan fingerprint density at radius 2 is 2.06 bits per heavy atom. The minimum absolute atomic E-state index is 0.283. The third-order valence-corrected chi connectivity index (χ3v) is 3.11. The normalized spacial score (nSPS) is 12.1. The van der Waals surface area contributed by atoms with Gasteiger partial charge in [0.1, 0.15) is 11.6 Å². The molecule has 84 valence electrons. The molecule has 0 spiro atoms. The average molecular weight is 233 g/mol. The molecule has 2 rings (SSSR count). The Morgan fingerprint density at radius 3 is 2.75 bits per heavy atom. The fraction of sp³-hybridized carbons (Fsp3) is 0.250. The molecule has 0 amide bonds. The first-order valence-electron chi connectivity index (χ1n) is 5.23. The molecule has 0 radical (unpaired) electrons. The van der Waals surface area contributed by atoms with Gasteiger partial charge in [0.25, 0.3) is 0 Å². The summed E-state index contributed by atoms with van der Waals surface area (Å²) in [5.74, 6) is 1.77. The Hall–Kier alpha value is -1.55. The number of nitrogens with one attached hydrogen (secondary N) is 2. The van der Waals surface area contributed by atoms with E-state index in [2.05, 4.69) is 39.4 Å². The van der Waals surface area contributed by atoms with Crippen LogP contribution >= 0.6 is 11.3 Å². The SMILES string of the molecule is CNc1cccc(NC(C)c2ccsc2)n1. The zero-order valence-electron chi connectivity index (χ0n) is 9.40. The topological polar surface area (TPSA) is 37.0 Å². The molecule has 2 N–H and O–H groups in total. The van der Waals surface area contributed by atoms with E-state index in [1.165, 1.54) is 5.56 Å². The summed E-state index contributed by atoms with van der Waals surface area (Å²) in [6.45, 7) is 2.13. The second-order valence-corrected chi connectivity index (χ2v) is 4.36. The van der Waals surface area contributed by atoms with E-state index >= 15 is 0 Å². The van der Waals surface area contributed by atoms with E-state index < -0.39 is 0 Å². The maximum absolute atomic E-state index is 4.42. The average Bonchev–Trinajstić information content (AvgIpc) is 2.83. The molecule has 0 aliphatic rings. The Labute approximate surface area is 99.5 Å². The lowest BCUT2D eigenvalue weighted by molar-refractivity contribution is 0.880. The Kier molecular flexibility index (Phi) is 3.41. The highest BCUT2D eigenvalue weighted by atomic mass is 32.1. The van der Waals surface area contributed by atoms with Crippen molar-refractivity contribution in [1.82, 2.24) is 4.98 Å². The lowest BCUT2D eigenvalue weighted by atomic mass is 10.2. The zero-order chi connectivity index (χ0) is 11.4. The van der Waals surface area contributed by atoms with E-state index in [-0.39, 0.29) is 6.04 Å². The monoisotopic (exact) mass is 233 g/mol. The van der Waals surface area contributed by atoms with Gasteiger partial charge in [0.2, 0.25) is 0 Å². The van der Waals surface area contributed by atoms with E-state index in [1.54, 1.807) is 11.3 Å². The van der Waals surface area contributed by atoms with Crippen molar-refractivity contribution in [2.45, 2.75) is 13.0 Å². The molecule has 4 heteroatoms. The Morgan fingerprint density at radius 1 is 1.25 bits per heavy atom. The smallest absolute Gasteiger partial charge is 0.128 e. The highest BCUT2D eigenvalue weighted by Crippen LogP contribution is 2.20. The summed E-state index contributed by atoms with van der Waals surface area (Å²) in [6, 6.07) is 8.32. The van der Waals surface area contributed by atoms with Gasteiger partial charge >= 0.3 is 0 Å². The van der Waals surface area contributed by atoms with Crippen LogP contribution in [0.2, 0.25) is 0 Å². The van der Waals surface area contributed by atoms with Crippen molar-refractivity contribution in [2.24, 2.45) is 0 Å². The first kappa shape index (κ1) is 11.0. The largest absolute Gasteiger partial charge is 0.373 e. The molecule has 0 saturated carbocycles. The second-order valence-electron chi connectivity index (χ2n) is 3.58. The van der Waals surface area contributed by atoms with Crippen LogP contribution < -0.4 is 10.6 Å². The minimum atomic E-state index is 0.283. The van der Waals surface area contributed by atoms with Gasteiger partial charge in [-0.15, -0.1) is 0 Å². The fourth-order valence-electron chi connectivity index (χ4n) is 1.48. The zero-order valence-corrected chi connectivity index (χ0v) is 10.2. The molecule has 2 heterocycles. The van der Waals surface area contributed by atoms with Gasteiger partial charge in [-0.2, -0.15) is 11.3 Å². The maximum Gasteiger partial charge on any atom is 0.128 e. The van der Waals surface area contributed by atoms with Gasteiger partial charge in [-0.05, 0) is 41.4 Å². The van der Waals surface area contributed by atoms with Crippen molar-refractivity contribution in [3.05, 3.63) is 40.6 Å². The number of rotatable bonds is 4.